The van der Waals surface area contributed by atoms with Crippen molar-refractivity contribution in [1.82, 2.24) is 25.1 Å². The Kier molecular flexibility index (Phi) is 2.01. The molecule has 2 aromatic heterocycles. The molecule has 7 nitrogen and oxygen atoms in total. The zero-order valence-corrected chi connectivity index (χ0v) is 6.79. The van der Waals surface area contributed by atoms with Crippen molar-refractivity contribution in [2.45, 2.75) is 13.1 Å². The molecule has 2 aromatic rings. The van der Waals surface area contributed by atoms with E-state index in [0.717, 1.165) is 0 Å². The topological polar surface area (TPSA) is 95.7 Å². The van der Waals surface area contributed by atoms with E-state index in [9.17, 15) is 0 Å². The van der Waals surface area contributed by atoms with Crippen molar-refractivity contribution in [2.24, 2.45) is 5.73 Å². The Hall–Kier alpha value is -1.76. The Balaban J connectivity index is 2.10. The van der Waals surface area contributed by atoms with Gasteiger partial charge < -0.3 is 10.3 Å². The summed E-state index contributed by atoms with van der Waals surface area (Å²) in [7, 11) is 0. The van der Waals surface area contributed by atoms with Crippen LogP contribution in [0.15, 0.2) is 16.9 Å². The summed E-state index contributed by atoms with van der Waals surface area (Å²) in [6, 6.07) is 0. The van der Waals surface area contributed by atoms with Crippen LogP contribution in [0.4, 0.5) is 0 Å². The maximum atomic E-state index is 5.31. The van der Waals surface area contributed by atoms with Gasteiger partial charge in [0.25, 0.3) is 0 Å². The van der Waals surface area contributed by atoms with E-state index in [4.69, 9.17) is 10.3 Å². The molecule has 0 saturated heterocycles. The third kappa shape index (κ3) is 1.70. The van der Waals surface area contributed by atoms with Crippen LogP contribution in [0.1, 0.15) is 11.7 Å². The molecule has 2 N–H and O–H groups in total. The molecule has 0 atom stereocenters. The van der Waals surface area contributed by atoms with E-state index in [1.807, 2.05) is 0 Å². The summed E-state index contributed by atoms with van der Waals surface area (Å²) in [4.78, 5) is 5.45. The van der Waals surface area contributed by atoms with Gasteiger partial charge >= 0.3 is 0 Å². The average Bonchev–Trinajstić information content (AvgIpc) is 2.76. The molecule has 0 aliphatic rings. The van der Waals surface area contributed by atoms with Crippen LogP contribution in [0.2, 0.25) is 0 Å². The number of hydrogen-bond acceptors (Lipinski definition) is 6. The zero-order valence-electron chi connectivity index (χ0n) is 6.79. The lowest BCUT2D eigenvalue weighted by molar-refractivity contribution is 0.354. The van der Waals surface area contributed by atoms with Gasteiger partial charge in [-0.25, -0.2) is 0 Å². The second-order valence-electron chi connectivity index (χ2n) is 2.37. The fraction of sp³-hybridized carbons (Fsp3) is 0.333. The quantitative estimate of drug-likeness (QED) is 0.662. The molecule has 0 aromatic carbocycles. The summed E-state index contributed by atoms with van der Waals surface area (Å²) in [6.45, 7) is 0.649. The minimum atomic E-state index is 0.274. The van der Waals surface area contributed by atoms with Gasteiger partial charge in [-0.3, -0.25) is 0 Å². The summed E-state index contributed by atoms with van der Waals surface area (Å²) >= 11 is 0. The second-order valence-corrected chi connectivity index (χ2v) is 2.37. The maximum absolute atomic E-state index is 5.31. The molecular formula is C6H8N6O. The van der Waals surface area contributed by atoms with Crippen molar-refractivity contribution in [1.29, 1.82) is 0 Å². The molecule has 13 heavy (non-hydrogen) atoms. The van der Waals surface area contributed by atoms with Crippen molar-refractivity contribution in [3.05, 3.63) is 24.1 Å². The van der Waals surface area contributed by atoms with Crippen molar-refractivity contribution < 1.29 is 4.52 Å². The first kappa shape index (κ1) is 7.87. The van der Waals surface area contributed by atoms with E-state index in [-0.39, 0.29) is 6.54 Å². The van der Waals surface area contributed by atoms with Crippen LogP contribution in [0.5, 0.6) is 0 Å². The lowest BCUT2D eigenvalue weighted by atomic mass is 10.6. The average molecular weight is 180 g/mol. The Morgan fingerprint density at radius 1 is 1.38 bits per heavy atom. The van der Waals surface area contributed by atoms with Gasteiger partial charge in [0.2, 0.25) is 5.89 Å². The molecule has 0 aliphatic heterocycles. The Morgan fingerprint density at radius 3 is 2.77 bits per heavy atom. The van der Waals surface area contributed by atoms with Gasteiger partial charge in [-0.2, -0.15) is 20.0 Å². The van der Waals surface area contributed by atoms with Crippen molar-refractivity contribution in [3.8, 4) is 0 Å². The van der Waals surface area contributed by atoms with Gasteiger partial charge in [0.15, 0.2) is 5.82 Å². The van der Waals surface area contributed by atoms with E-state index < -0.39 is 0 Å². The van der Waals surface area contributed by atoms with E-state index >= 15 is 0 Å². The first-order chi connectivity index (χ1) is 6.38. The van der Waals surface area contributed by atoms with Crippen LogP contribution in [0, 0.1) is 0 Å². The molecule has 0 unspecified atom stereocenters. The van der Waals surface area contributed by atoms with E-state index in [0.29, 0.717) is 18.3 Å². The number of nitrogens with two attached hydrogens (primary N) is 1. The lowest BCUT2D eigenvalue weighted by Crippen LogP contribution is -2.04. The highest BCUT2D eigenvalue weighted by Crippen LogP contribution is 1.97. The predicted octanol–water partition coefficient (Wildman–Crippen LogP) is -0.832. The Morgan fingerprint density at radius 2 is 2.15 bits per heavy atom. The minimum Gasteiger partial charge on any atom is -0.337 e. The largest absolute Gasteiger partial charge is 0.337 e. The molecule has 0 saturated carbocycles. The van der Waals surface area contributed by atoms with Gasteiger partial charge in [0.1, 0.15) is 6.54 Å². The fourth-order valence-corrected chi connectivity index (χ4v) is 0.883. The minimum absolute atomic E-state index is 0.274. The normalized spacial score (nSPS) is 10.5. The summed E-state index contributed by atoms with van der Waals surface area (Å²) in [5.41, 5.74) is 5.31. The van der Waals surface area contributed by atoms with Crippen LogP contribution in [-0.2, 0) is 13.1 Å². The number of rotatable bonds is 3. The summed E-state index contributed by atoms with van der Waals surface area (Å²) < 4.78 is 4.89. The molecule has 2 rings (SSSR count). The third-order valence-corrected chi connectivity index (χ3v) is 1.44. The molecular weight excluding hydrogens is 172 g/mol. The molecule has 0 aliphatic carbocycles. The maximum Gasteiger partial charge on any atom is 0.250 e. The van der Waals surface area contributed by atoms with Gasteiger partial charge in [0, 0.05) is 0 Å². The van der Waals surface area contributed by atoms with E-state index in [1.54, 1.807) is 12.4 Å². The van der Waals surface area contributed by atoms with Crippen LogP contribution < -0.4 is 5.73 Å². The summed E-state index contributed by atoms with van der Waals surface area (Å²) in [5.74, 6) is 0.943. The van der Waals surface area contributed by atoms with Gasteiger partial charge in [-0.15, -0.1) is 0 Å². The summed E-state index contributed by atoms with van der Waals surface area (Å²) in [5, 5.41) is 11.4. The van der Waals surface area contributed by atoms with Crippen molar-refractivity contribution in [3.63, 3.8) is 0 Å². The summed E-state index contributed by atoms with van der Waals surface area (Å²) in [6.07, 6.45) is 3.17. The van der Waals surface area contributed by atoms with Crippen LogP contribution in [-0.4, -0.2) is 25.1 Å². The van der Waals surface area contributed by atoms with Crippen molar-refractivity contribution >= 4 is 0 Å². The number of nitrogens with zero attached hydrogens (tertiary/aromatic N) is 5. The SMILES string of the molecule is NCc1noc(Cn2nccn2)n1. The van der Waals surface area contributed by atoms with Crippen LogP contribution in [0.25, 0.3) is 0 Å². The van der Waals surface area contributed by atoms with Gasteiger partial charge in [0.05, 0.1) is 18.9 Å². The van der Waals surface area contributed by atoms with Crippen LogP contribution in [0.3, 0.4) is 0 Å². The Labute approximate surface area is 73.5 Å². The van der Waals surface area contributed by atoms with Crippen molar-refractivity contribution in [2.75, 3.05) is 0 Å². The standard InChI is InChI=1S/C6H8N6O/c7-3-5-10-6(13-11-5)4-12-8-1-2-9-12/h1-2H,3-4,7H2. The highest BCUT2D eigenvalue weighted by molar-refractivity contribution is 4.84. The highest BCUT2D eigenvalue weighted by atomic mass is 16.5. The van der Waals surface area contributed by atoms with Crippen LogP contribution >= 0.6 is 0 Å². The molecule has 0 fully saturated rings. The number of aromatic nitrogens is 5. The fourth-order valence-electron chi connectivity index (χ4n) is 0.883. The zero-order chi connectivity index (χ0) is 9.10. The first-order valence-corrected chi connectivity index (χ1v) is 3.74. The smallest absolute Gasteiger partial charge is 0.250 e. The molecule has 0 spiro atoms. The van der Waals surface area contributed by atoms with E-state index in [1.165, 1.54) is 4.80 Å². The van der Waals surface area contributed by atoms with Gasteiger partial charge in [-0.1, -0.05) is 5.16 Å². The predicted molar refractivity (Wildman–Crippen MR) is 41.3 cm³/mol. The molecule has 0 bridgehead atoms. The number of hydrogen-bond donors (Lipinski definition) is 1. The first-order valence-electron chi connectivity index (χ1n) is 3.74. The van der Waals surface area contributed by atoms with Gasteiger partial charge in [-0.05, 0) is 0 Å². The molecule has 0 amide bonds. The Bertz CT molecular complexity index is 366. The molecule has 0 radical (unpaired) electrons. The van der Waals surface area contributed by atoms with E-state index in [2.05, 4.69) is 20.3 Å². The molecule has 7 heteroatoms. The monoisotopic (exact) mass is 180 g/mol. The molecule has 68 valence electrons. The lowest BCUT2D eigenvalue weighted by Gasteiger charge is -1.90. The second kappa shape index (κ2) is 3.31. The third-order valence-electron chi connectivity index (χ3n) is 1.44. The molecule has 2 heterocycles. The highest BCUT2D eigenvalue weighted by Gasteiger charge is 2.05.